The molecule has 13 heteroatoms. The van der Waals surface area contributed by atoms with Gasteiger partial charge < -0.3 is 24.1 Å². The average molecular weight is 480 g/mol. The number of rotatable bonds is 12. The van der Waals surface area contributed by atoms with Crippen molar-refractivity contribution in [3.05, 3.63) is 28.8 Å². The summed E-state index contributed by atoms with van der Waals surface area (Å²) in [4.78, 5) is 46.4. The number of ether oxygens (including phenoxy) is 4. The van der Waals surface area contributed by atoms with E-state index in [2.05, 4.69) is 29.2 Å². The number of phenolic OH excluding ortho intramolecular Hbond substituents is 1. The fourth-order valence-electron chi connectivity index (χ4n) is 2.45. The lowest BCUT2D eigenvalue weighted by Crippen LogP contribution is -2.31. The maximum atomic E-state index is 11.6. The number of methoxy groups -OCH3 is 4. The van der Waals surface area contributed by atoms with Crippen molar-refractivity contribution in [1.29, 1.82) is 0 Å². The first-order chi connectivity index (χ1) is 16.1. The largest absolute Gasteiger partial charge is 0.507 e. The lowest BCUT2D eigenvalue weighted by atomic mass is 10.1. The summed E-state index contributed by atoms with van der Waals surface area (Å²) >= 11 is 0. The SMILES string of the molecule is COC(=O)CN(CC(=O)OC)N=Cc1cc(C)cc(C=NN(CC(=O)OC)CC(=O)OC)c1O. The molecule has 0 unspecified atom stereocenters. The van der Waals surface area contributed by atoms with Gasteiger partial charge in [0.2, 0.25) is 0 Å². The van der Waals surface area contributed by atoms with Gasteiger partial charge in [-0.2, -0.15) is 10.2 Å². The zero-order valence-corrected chi connectivity index (χ0v) is 19.6. The average Bonchev–Trinajstić information content (AvgIpc) is 2.82. The summed E-state index contributed by atoms with van der Waals surface area (Å²) in [6.07, 6.45) is 2.51. The minimum absolute atomic E-state index is 0.217. The fourth-order valence-corrected chi connectivity index (χ4v) is 2.45. The predicted molar refractivity (Wildman–Crippen MR) is 119 cm³/mol. The highest BCUT2D eigenvalue weighted by Crippen LogP contribution is 2.22. The van der Waals surface area contributed by atoms with Crippen LogP contribution in [0.2, 0.25) is 0 Å². The molecule has 1 aromatic carbocycles. The Hall–Kier alpha value is -4.16. The summed E-state index contributed by atoms with van der Waals surface area (Å²) in [5.74, 6) is -2.72. The molecule has 0 aliphatic heterocycles. The number of carbonyl (C=O) groups excluding carboxylic acids is 4. The monoisotopic (exact) mass is 480 g/mol. The van der Waals surface area contributed by atoms with Crippen LogP contribution in [0.15, 0.2) is 22.3 Å². The highest BCUT2D eigenvalue weighted by Gasteiger charge is 2.15. The van der Waals surface area contributed by atoms with Crippen molar-refractivity contribution in [2.45, 2.75) is 6.92 Å². The van der Waals surface area contributed by atoms with Crippen LogP contribution in [0.1, 0.15) is 16.7 Å². The summed E-state index contributed by atoms with van der Waals surface area (Å²) in [5.41, 5.74) is 1.24. The molecule has 13 nitrogen and oxygen atoms in total. The van der Waals surface area contributed by atoms with Crippen LogP contribution in [0.25, 0.3) is 0 Å². The normalized spacial score (nSPS) is 10.7. The van der Waals surface area contributed by atoms with Gasteiger partial charge in [0, 0.05) is 11.1 Å². The van der Waals surface area contributed by atoms with Crippen molar-refractivity contribution in [2.75, 3.05) is 54.6 Å². The van der Waals surface area contributed by atoms with E-state index in [-0.39, 0.29) is 43.1 Å². The molecule has 1 rings (SSSR count). The molecule has 0 saturated heterocycles. The lowest BCUT2D eigenvalue weighted by molar-refractivity contribution is -0.147. The third-order valence-electron chi connectivity index (χ3n) is 4.19. The number of hydrogen-bond donors (Lipinski definition) is 1. The van der Waals surface area contributed by atoms with Crippen molar-refractivity contribution in [1.82, 2.24) is 10.0 Å². The highest BCUT2D eigenvalue weighted by atomic mass is 16.5. The molecule has 0 amide bonds. The van der Waals surface area contributed by atoms with Gasteiger partial charge in [-0.25, -0.2) is 0 Å². The van der Waals surface area contributed by atoms with Gasteiger partial charge in [0.15, 0.2) is 0 Å². The van der Waals surface area contributed by atoms with Gasteiger partial charge in [0.25, 0.3) is 0 Å². The molecular weight excluding hydrogens is 452 g/mol. The minimum atomic E-state index is -0.626. The number of nitrogens with zero attached hydrogens (tertiary/aromatic N) is 4. The summed E-state index contributed by atoms with van der Waals surface area (Å²) in [5, 5.41) is 21.0. The van der Waals surface area contributed by atoms with Crippen LogP contribution in [0.3, 0.4) is 0 Å². The van der Waals surface area contributed by atoms with E-state index in [0.717, 1.165) is 15.6 Å². The van der Waals surface area contributed by atoms with E-state index in [0.29, 0.717) is 0 Å². The number of hydrogen-bond acceptors (Lipinski definition) is 13. The van der Waals surface area contributed by atoms with E-state index >= 15 is 0 Å². The van der Waals surface area contributed by atoms with E-state index < -0.39 is 23.9 Å². The van der Waals surface area contributed by atoms with Crippen molar-refractivity contribution in [2.24, 2.45) is 10.2 Å². The van der Waals surface area contributed by atoms with Crippen LogP contribution in [-0.4, -0.2) is 106 Å². The third-order valence-corrected chi connectivity index (χ3v) is 4.19. The zero-order valence-electron chi connectivity index (χ0n) is 19.6. The second-order valence-electron chi connectivity index (χ2n) is 6.73. The summed E-state index contributed by atoms with van der Waals surface area (Å²) in [7, 11) is 4.79. The number of hydrazone groups is 2. The van der Waals surface area contributed by atoms with Gasteiger partial charge in [-0.3, -0.25) is 29.2 Å². The molecule has 34 heavy (non-hydrogen) atoms. The molecule has 0 saturated carbocycles. The molecule has 0 heterocycles. The van der Waals surface area contributed by atoms with Crippen molar-refractivity contribution >= 4 is 36.3 Å². The second kappa shape index (κ2) is 14.1. The molecule has 0 spiro atoms. The molecule has 0 aliphatic carbocycles. The third kappa shape index (κ3) is 9.54. The number of esters is 4. The van der Waals surface area contributed by atoms with Crippen LogP contribution in [0.5, 0.6) is 5.75 Å². The van der Waals surface area contributed by atoms with E-state index in [1.807, 2.05) is 0 Å². The van der Waals surface area contributed by atoms with Crippen LogP contribution >= 0.6 is 0 Å². The lowest BCUT2D eigenvalue weighted by Gasteiger charge is -2.17. The molecule has 1 aromatic rings. The van der Waals surface area contributed by atoms with E-state index in [9.17, 15) is 24.3 Å². The molecule has 0 bridgehead atoms. The quantitative estimate of drug-likeness (QED) is 0.181. The molecule has 0 fully saturated rings. The maximum absolute atomic E-state index is 11.6. The van der Waals surface area contributed by atoms with E-state index in [1.54, 1.807) is 19.1 Å². The van der Waals surface area contributed by atoms with Gasteiger partial charge >= 0.3 is 23.9 Å². The standard InChI is InChI=1S/C21H28N4O9/c1-14-6-15(8-22-24(10-17(26)31-2)11-18(27)32-3)21(30)16(7-14)9-23-25(12-19(28)33-4)13-20(29)34-5/h6-9,30H,10-13H2,1-5H3. The van der Waals surface area contributed by atoms with Crippen molar-refractivity contribution < 1.29 is 43.2 Å². The maximum Gasteiger partial charge on any atom is 0.327 e. The molecule has 1 N–H and O–H groups in total. The predicted octanol–water partition coefficient (Wildman–Crippen LogP) is -0.336. The Morgan fingerprint density at radius 2 is 1.03 bits per heavy atom. The zero-order chi connectivity index (χ0) is 25.7. The molecular formula is C21H28N4O9. The van der Waals surface area contributed by atoms with Gasteiger partial charge in [0.05, 0.1) is 40.9 Å². The molecule has 0 atom stereocenters. The second-order valence-corrected chi connectivity index (χ2v) is 6.73. The van der Waals surface area contributed by atoms with Crippen LogP contribution in [-0.2, 0) is 38.1 Å². The Balaban J connectivity index is 3.21. The molecule has 0 aromatic heterocycles. The summed E-state index contributed by atoms with van der Waals surface area (Å²) < 4.78 is 18.4. The van der Waals surface area contributed by atoms with Gasteiger partial charge in [-0.15, -0.1) is 0 Å². The Bertz CT molecular complexity index is 839. The Labute approximate surface area is 196 Å². The first-order valence-corrected chi connectivity index (χ1v) is 9.82. The summed E-state index contributed by atoms with van der Waals surface area (Å²) in [6, 6.07) is 3.23. The van der Waals surface area contributed by atoms with Crippen molar-refractivity contribution in [3.8, 4) is 5.75 Å². The van der Waals surface area contributed by atoms with Crippen LogP contribution < -0.4 is 0 Å². The number of carbonyl (C=O) groups is 4. The van der Waals surface area contributed by atoms with Gasteiger partial charge in [-0.1, -0.05) is 0 Å². The minimum Gasteiger partial charge on any atom is -0.507 e. The van der Waals surface area contributed by atoms with Gasteiger partial charge in [0.1, 0.15) is 31.9 Å². The van der Waals surface area contributed by atoms with Crippen molar-refractivity contribution in [3.63, 3.8) is 0 Å². The highest BCUT2D eigenvalue weighted by molar-refractivity contribution is 5.92. The Morgan fingerprint density at radius 3 is 1.29 bits per heavy atom. The van der Waals surface area contributed by atoms with Crippen LogP contribution in [0.4, 0.5) is 0 Å². The number of phenols is 1. The van der Waals surface area contributed by atoms with E-state index in [4.69, 9.17) is 0 Å². The Morgan fingerprint density at radius 1 is 0.735 bits per heavy atom. The summed E-state index contributed by atoms with van der Waals surface area (Å²) in [6.45, 7) is 0.478. The molecule has 186 valence electrons. The fraction of sp³-hybridized carbons (Fsp3) is 0.429. The molecule has 0 aliphatic rings. The number of benzene rings is 1. The number of aromatic hydroxyl groups is 1. The smallest absolute Gasteiger partial charge is 0.327 e. The van der Waals surface area contributed by atoms with Crippen LogP contribution in [0, 0.1) is 6.92 Å². The topological polar surface area (TPSA) is 157 Å². The van der Waals surface area contributed by atoms with E-state index in [1.165, 1.54) is 40.9 Å². The number of aryl methyl sites for hydroxylation is 1. The Kier molecular flexibility index (Phi) is 11.5. The first-order valence-electron chi connectivity index (χ1n) is 9.82. The first kappa shape index (κ1) is 27.9. The van der Waals surface area contributed by atoms with Gasteiger partial charge in [-0.05, 0) is 24.6 Å². The molecule has 0 radical (unpaired) electrons.